The average molecular weight is 708 g/mol. The smallest absolute Gasteiger partial charge is 0.346 e. The standard InChI is InChI=1S/C36H62N6O6S/c1-8-15-27(30(43)33(45)38-19-9-2)39-32(44)29-26(24(3)4)18-21-42(29)34(46)31(36(5,6)7)41-35(47)40-28(25-16-11-10-12-17-25)23-37-20-13-14-22-49-48/h9,24-29,31,37H,2,8,10-23H2,1,3-7H3,(H3-,38,39,40,41,44,45,47)/p+1/t26-,27?,28-,29+,31-/m1/s1. The number of nitrogens with one attached hydrogen (secondary N) is 5. The number of hydrogen-bond acceptors (Lipinski definition) is 7. The van der Waals surface area contributed by atoms with Gasteiger partial charge in [0, 0.05) is 36.3 Å². The van der Waals surface area contributed by atoms with Crippen molar-refractivity contribution in [3.05, 3.63) is 12.7 Å². The number of carbonyl (C=O) groups is 5. The molecule has 5 amide bonds. The molecule has 49 heavy (non-hydrogen) atoms. The fraction of sp³-hybridized carbons (Fsp3) is 0.806. The van der Waals surface area contributed by atoms with E-state index in [2.05, 4.69) is 33.2 Å². The van der Waals surface area contributed by atoms with E-state index < -0.39 is 47.2 Å². The maximum Gasteiger partial charge on any atom is 0.458 e. The third kappa shape index (κ3) is 13.4. The van der Waals surface area contributed by atoms with E-state index in [9.17, 15) is 28.2 Å². The maximum absolute atomic E-state index is 14.4. The molecule has 0 aromatic carbocycles. The summed E-state index contributed by atoms with van der Waals surface area (Å²) in [6, 6.07) is -3.34. The molecule has 1 aliphatic carbocycles. The summed E-state index contributed by atoms with van der Waals surface area (Å²) >= 11 is 0.600. The highest BCUT2D eigenvalue weighted by Gasteiger charge is 2.47. The van der Waals surface area contributed by atoms with Gasteiger partial charge in [-0.1, -0.05) is 73.3 Å². The van der Waals surface area contributed by atoms with Crippen LogP contribution < -0.4 is 26.6 Å². The van der Waals surface area contributed by atoms with E-state index in [0.717, 1.165) is 45.1 Å². The normalized spacial score (nSPS) is 20.2. The average Bonchev–Trinajstić information content (AvgIpc) is 3.52. The van der Waals surface area contributed by atoms with Crippen molar-refractivity contribution in [1.82, 2.24) is 31.5 Å². The fourth-order valence-electron chi connectivity index (χ4n) is 7.02. The van der Waals surface area contributed by atoms with E-state index in [1.54, 1.807) is 4.90 Å². The zero-order chi connectivity index (χ0) is 36.6. The van der Waals surface area contributed by atoms with Gasteiger partial charge in [0.05, 0.1) is 6.04 Å². The first kappa shape index (κ1) is 42.2. The minimum atomic E-state index is -1.02. The Morgan fingerprint density at radius 3 is 2.27 bits per heavy atom. The van der Waals surface area contributed by atoms with Gasteiger partial charge in [0.15, 0.2) is 0 Å². The Labute approximate surface area is 298 Å². The van der Waals surface area contributed by atoms with Crippen LogP contribution in [-0.4, -0.2) is 90.5 Å². The zero-order valence-corrected chi connectivity index (χ0v) is 31.6. The molecule has 2 aliphatic rings. The van der Waals surface area contributed by atoms with Gasteiger partial charge in [-0.2, -0.15) is 0 Å². The highest BCUT2D eigenvalue weighted by Crippen LogP contribution is 2.33. The molecule has 1 saturated heterocycles. The van der Waals surface area contributed by atoms with Gasteiger partial charge in [0.25, 0.3) is 5.91 Å². The molecule has 2 rings (SSSR count). The van der Waals surface area contributed by atoms with E-state index in [1.807, 2.05) is 41.5 Å². The van der Waals surface area contributed by atoms with Crippen LogP contribution in [0.25, 0.3) is 0 Å². The summed E-state index contributed by atoms with van der Waals surface area (Å²) in [5.41, 5.74) is -0.673. The van der Waals surface area contributed by atoms with Gasteiger partial charge >= 0.3 is 17.7 Å². The number of nitrogens with zero attached hydrogens (tertiary/aromatic N) is 1. The second-order valence-electron chi connectivity index (χ2n) is 15.0. The summed E-state index contributed by atoms with van der Waals surface area (Å²) in [5.74, 6) is -1.54. The molecule has 5 N–H and O–H groups in total. The van der Waals surface area contributed by atoms with Crippen LogP contribution in [0.2, 0.25) is 0 Å². The van der Waals surface area contributed by atoms with E-state index in [4.69, 9.17) is 0 Å². The Kier molecular flexibility index (Phi) is 18.4. The SMILES string of the molecule is C=CCNC(=O)C(=O)C(CCC)NC(=O)[C@@H]1[C@@H](C(C)C)CCN1C(=O)[C@@H](NC(=O)N[C@H](CNCCCC[S+]=O)C1CCCCC1)C(C)(C)C. The number of amides is 5. The minimum absolute atomic E-state index is 0.0666. The van der Waals surface area contributed by atoms with Crippen molar-refractivity contribution in [1.29, 1.82) is 0 Å². The van der Waals surface area contributed by atoms with E-state index in [-0.39, 0.29) is 36.8 Å². The molecular weight excluding hydrogens is 644 g/mol. The van der Waals surface area contributed by atoms with Crippen molar-refractivity contribution in [2.45, 2.75) is 130 Å². The predicted molar refractivity (Wildman–Crippen MR) is 194 cm³/mol. The summed E-state index contributed by atoms with van der Waals surface area (Å²) in [6.45, 7) is 16.9. The molecule has 1 unspecified atom stereocenters. The molecule has 1 heterocycles. The zero-order valence-electron chi connectivity index (χ0n) is 30.7. The molecule has 0 aromatic heterocycles. The van der Waals surface area contributed by atoms with Crippen LogP contribution in [0.3, 0.4) is 0 Å². The largest absolute Gasteiger partial charge is 0.458 e. The second kappa shape index (κ2) is 21.3. The van der Waals surface area contributed by atoms with E-state index >= 15 is 0 Å². The summed E-state index contributed by atoms with van der Waals surface area (Å²) in [5, 5.41) is 14.9. The Bertz CT molecular complexity index is 1120. The number of Topliss-reactive ketones (excluding diaryl/α,β-unsaturated/α-hetero) is 1. The second-order valence-corrected chi connectivity index (χ2v) is 15.7. The minimum Gasteiger partial charge on any atom is -0.346 e. The van der Waals surface area contributed by atoms with Crippen LogP contribution in [-0.2, 0) is 35.1 Å². The molecule has 0 bridgehead atoms. The molecule has 278 valence electrons. The van der Waals surface area contributed by atoms with Gasteiger partial charge in [-0.05, 0) is 61.8 Å². The van der Waals surface area contributed by atoms with Gasteiger partial charge < -0.3 is 31.5 Å². The quantitative estimate of drug-likeness (QED) is 0.0560. The predicted octanol–water partition coefficient (Wildman–Crippen LogP) is 3.48. The van der Waals surface area contributed by atoms with Crippen LogP contribution in [0.5, 0.6) is 0 Å². The number of ketones is 1. The molecule has 1 aliphatic heterocycles. The maximum atomic E-state index is 14.4. The van der Waals surface area contributed by atoms with Gasteiger partial charge in [0.2, 0.25) is 23.4 Å². The van der Waals surface area contributed by atoms with Gasteiger partial charge in [-0.25, -0.2) is 4.79 Å². The molecule has 12 nitrogen and oxygen atoms in total. The van der Waals surface area contributed by atoms with Crippen molar-refractivity contribution < 1.29 is 28.2 Å². The summed E-state index contributed by atoms with van der Waals surface area (Å²) in [7, 11) is 0. The fourth-order valence-corrected chi connectivity index (χ4v) is 7.34. The first-order chi connectivity index (χ1) is 23.3. The van der Waals surface area contributed by atoms with Gasteiger partial charge in [-0.3, -0.25) is 19.2 Å². The lowest BCUT2D eigenvalue weighted by atomic mass is 9.83. The molecule has 0 radical (unpaired) electrons. The van der Waals surface area contributed by atoms with Crippen molar-refractivity contribution in [3.63, 3.8) is 0 Å². The van der Waals surface area contributed by atoms with Crippen molar-refractivity contribution in [2.75, 3.05) is 31.9 Å². The summed E-state index contributed by atoms with van der Waals surface area (Å²) < 4.78 is 10.7. The third-order valence-corrected chi connectivity index (χ3v) is 10.3. The Morgan fingerprint density at radius 1 is 0.980 bits per heavy atom. The van der Waals surface area contributed by atoms with E-state index in [0.29, 0.717) is 49.3 Å². The molecule has 0 spiro atoms. The molecule has 2 fully saturated rings. The lowest BCUT2D eigenvalue weighted by Crippen LogP contribution is -2.62. The monoisotopic (exact) mass is 707 g/mol. The number of rotatable bonds is 20. The first-order valence-electron chi connectivity index (χ1n) is 18.3. The molecule has 1 saturated carbocycles. The Balaban J connectivity index is 2.25. The van der Waals surface area contributed by atoms with Crippen LogP contribution >= 0.6 is 0 Å². The number of unbranched alkanes of at least 4 members (excludes halogenated alkanes) is 1. The lowest BCUT2D eigenvalue weighted by molar-refractivity contribution is -0.144. The van der Waals surface area contributed by atoms with Crippen LogP contribution in [0.15, 0.2) is 12.7 Å². The Hall–Kier alpha value is -2.93. The molecular formula is C36H63N6O6S+. The number of hydrogen-bond donors (Lipinski definition) is 5. The number of urea groups is 1. The van der Waals surface area contributed by atoms with Crippen molar-refractivity contribution in [3.8, 4) is 0 Å². The Morgan fingerprint density at radius 2 is 1.67 bits per heavy atom. The number of carbonyl (C=O) groups excluding carboxylic acids is 5. The summed E-state index contributed by atoms with van der Waals surface area (Å²) in [6.07, 6.45) is 10.1. The summed E-state index contributed by atoms with van der Waals surface area (Å²) in [4.78, 5) is 69.0. The highest BCUT2D eigenvalue weighted by atomic mass is 32.1. The van der Waals surface area contributed by atoms with Crippen LogP contribution in [0.1, 0.15) is 106 Å². The van der Waals surface area contributed by atoms with Crippen LogP contribution in [0, 0.1) is 23.2 Å². The first-order valence-corrected chi connectivity index (χ1v) is 19.2. The number of likely N-dealkylation sites (tertiary alicyclic amines) is 1. The van der Waals surface area contributed by atoms with Crippen LogP contribution in [0.4, 0.5) is 4.79 Å². The van der Waals surface area contributed by atoms with Gasteiger partial charge in [0.1, 0.15) is 12.1 Å². The molecule has 13 heteroatoms. The molecule has 0 aromatic rings. The topological polar surface area (TPSA) is 166 Å². The third-order valence-electron chi connectivity index (χ3n) is 9.81. The van der Waals surface area contributed by atoms with Crippen molar-refractivity contribution >= 4 is 41.2 Å². The van der Waals surface area contributed by atoms with Crippen molar-refractivity contribution in [2.24, 2.45) is 23.2 Å². The molecule has 5 atom stereocenters. The van der Waals surface area contributed by atoms with E-state index in [1.165, 1.54) is 12.5 Å². The van der Waals surface area contributed by atoms with Gasteiger partial charge in [-0.15, -0.1) is 6.58 Å². The lowest BCUT2D eigenvalue weighted by Gasteiger charge is -2.38. The highest BCUT2D eigenvalue weighted by molar-refractivity contribution is 7.65.